The van der Waals surface area contributed by atoms with Crippen LogP contribution in [-0.2, 0) is 4.74 Å². The predicted octanol–water partition coefficient (Wildman–Crippen LogP) is 0.633. The summed E-state index contributed by atoms with van der Waals surface area (Å²) in [7, 11) is -2.17. The van der Waals surface area contributed by atoms with Crippen LogP contribution in [0.25, 0.3) is 0 Å². The maximum atomic E-state index is 11.9. The van der Waals surface area contributed by atoms with Gasteiger partial charge in [-0.25, -0.2) is 5.09 Å². The molecule has 0 heterocycles. The minimum atomic E-state index is -3.56. The third-order valence-electron chi connectivity index (χ3n) is 0.439. The van der Waals surface area contributed by atoms with Crippen LogP contribution in [0.15, 0.2) is 0 Å². The van der Waals surface area contributed by atoms with Crippen LogP contribution in [0.4, 0.5) is 4.20 Å². The van der Waals surface area contributed by atoms with Crippen LogP contribution >= 0.6 is 7.67 Å². The van der Waals surface area contributed by atoms with Crippen molar-refractivity contribution < 1.29 is 8.93 Å². The minimum absolute atomic E-state index is 0.00965. The summed E-state index contributed by atoms with van der Waals surface area (Å²) in [5, 5.41) is 8.50. The lowest BCUT2D eigenvalue weighted by Gasteiger charge is -2.05. The molecule has 0 radical (unpaired) electrons. The molecular weight excluding hydrogens is 132 g/mol. The lowest BCUT2D eigenvalue weighted by atomic mass is 11.3. The first kappa shape index (κ1) is 8.04. The summed E-state index contributed by atoms with van der Waals surface area (Å²) in [5.74, 6) is 0. The quantitative estimate of drug-likeness (QED) is 0.398. The predicted molar refractivity (Wildman–Crippen MR) is 29.9 cm³/mol. The molecule has 0 aromatic heterocycles. The molecule has 0 saturated heterocycles. The molecule has 6 heteroatoms. The lowest BCUT2D eigenvalue weighted by molar-refractivity contribution is 0.194. The van der Waals surface area contributed by atoms with Crippen LogP contribution in [-0.4, -0.2) is 13.8 Å². The second-order valence-electron chi connectivity index (χ2n) is 1.23. The van der Waals surface area contributed by atoms with Gasteiger partial charge in [-0.05, 0) is 0 Å². The van der Waals surface area contributed by atoms with Crippen LogP contribution in [0.1, 0.15) is 0 Å². The first-order valence-electron chi connectivity index (χ1n) is 1.92. The van der Waals surface area contributed by atoms with Crippen LogP contribution in [0.3, 0.4) is 0 Å². The fourth-order valence-electron chi connectivity index (χ4n) is 0.158. The molecule has 1 atom stereocenters. The number of methoxy groups -OCH3 is 1. The van der Waals surface area contributed by atoms with Crippen molar-refractivity contribution in [2.45, 2.75) is 0 Å². The first-order chi connectivity index (χ1) is 3.56. The van der Waals surface area contributed by atoms with E-state index in [1.165, 1.54) is 7.11 Å². The van der Waals surface area contributed by atoms with Gasteiger partial charge in [0.05, 0.1) is 0 Å². The summed E-state index contributed by atoms with van der Waals surface area (Å²) in [5.41, 5.74) is 4.64. The molecule has 0 aliphatic carbocycles. The number of nitrogens with two attached hydrogens (primary N) is 1. The zero-order valence-corrected chi connectivity index (χ0v) is 5.41. The average molecular weight is 141 g/mol. The van der Waals surface area contributed by atoms with Gasteiger partial charge in [0.2, 0.25) is 0 Å². The highest BCUT2D eigenvalue weighted by Gasteiger charge is 2.03. The lowest BCUT2D eigenvalue weighted by Crippen LogP contribution is -2.14. The molecule has 0 amide bonds. The standard InChI is InChI=1S/C2H9FN3OP/c1-7-2-6-8(3,4)5/h2H2,1H3,(H4,4,5,6). The Labute approximate surface area is 47.3 Å². The maximum Gasteiger partial charge on any atom is 0.260 e. The van der Waals surface area contributed by atoms with Crippen LogP contribution in [0.5, 0.6) is 0 Å². The van der Waals surface area contributed by atoms with Crippen molar-refractivity contribution in [3.8, 4) is 0 Å². The van der Waals surface area contributed by atoms with Gasteiger partial charge in [0.1, 0.15) is 6.73 Å². The molecule has 0 aromatic carbocycles. The van der Waals surface area contributed by atoms with Gasteiger partial charge in [-0.1, -0.05) is 0 Å². The highest BCUT2D eigenvalue weighted by Crippen LogP contribution is 2.31. The molecule has 50 valence electrons. The molecule has 0 fully saturated rings. The van der Waals surface area contributed by atoms with Gasteiger partial charge in [0, 0.05) is 7.11 Å². The number of nitrogens with one attached hydrogen (secondary N) is 2. The van der Waals surface area contributed by atoms with Gasteiger partial charge in [-0.15, -0.1) is 0 Å². The van der Waals surface area contributed by atoms with Crippen molar-refractivity contribution in [1.29, 1.82) is 5.16 Å². The van der Waals surface area contributed by atoms with Crippen molar-refractivity contribution >= 4 is 7.67 Å². The van der Waals surface area contributed by atoms with Crippen LogP contribution in [0.2, 0.25) is 0 Å². The first-order valence-corrected chi connectivity index (χ1v) is 3.67. The minimum Gasteiger partial charge on any atom is -0.369 e. The highest BCUT2D eigenvalue weighted by atomic mass is 31.2. The Balaban J connectivity index is 3.26. The molecule has 0 rings (SSSR count). The molecule has 4 nitrogen and oxygen atoms in total. The normalized spacial score (nSPS) is 17.9. The van der Waals surface area contributed by atoms with Crippen molar-refractivity contribution in [3.63, 3.8) is 0 Å². The second kappa shape index (κ2) is 3.14. The Morgan fingerprint density at radius 2 is 2.50 bits per heavy atom. The number of ether oxygens (including phenoxy) is 1. The van der Waals surface area contributed by atoms with Crippen LogP contribution < -0.4 is 10.6 Å². The molecule has 1 unspecified atom stereocenters. The monoisotopic (exact) mass is 141 g/mol. The fraction of sp³-hybridized carbons (Fsp3) is 1.00. The van der Waals surface area contributed by atoms with E-state index in [4.69, 9.17) is 5.16 Å². The van der Waals surface area contributed by atoms with Crippen molar-refractivity contribution in [2.24, 2.45) is 5.50 Å². The van der Waals surface area contributed by atoms with E-state index in [1.54, 1.807) is 0 Å². The Hall–Kier alpha value is 0.0400. The zero-order chi connectivity index (χ0) is 6.62. The van der Waals surface area contributed by atoms with E-state index in [1.807, 2.05) is 5.09 Å². The molecule has 0 aliphatic rings. The summed E-state index contributed by atoms with van der Waals surface area (Å²) in [6, 6.07) is 0. The van der Waals surface area contributed by atoms with Crippen molar-refractivity contribution in [2.75, 3.05) is 13.8 Å². The number of hydrogen-bond acceptors (Lipinski definition) is 2. The Morgan fingerprint density at radius 1 is 2.00 bits per heavy atom. The molecule has 0 saturated carbocycles. The highest BCUT2D eigenvalue weighted by molar-refractivity contribution is 7.55. The smallest absolute Gasteiger partial charge is 0.260 e. The van der Waals surface area contributed by atoms with Gasteiger partial charge >= 0.3 is 0 Å². The molecule has 0 spiro atoms. The van der Waals surface area contributed by atoms with Gasteiger partial charge in [-0.2, -0.15) is 4.20 Å². The Morgan fingerprint density at radius 3 is 2.62 bits per heavy atom. The van der Waals surface area contributed by atoms with E-state index in [-0.39, 0.29) is 6.73 Å². The Kier molecular flexibility index (Phi) is 3.16. The second-order valence-corrected chi connectivity index (χ2v) is 2.82. The SMILES string of the molecule is COCNP(=N)(N)F. The van der Waals surface area contributed by atoms with Gasteiger partial charge in [0.25, 0.3) is 7.67 Å². The number of halogens is 1. The molecule has 4 N–H and O–H groups in total. The van der Waals surface area contributed by atoms with Crippen molar-refractivity contribution in [3.05, 3.63) is 0 Å². The molecule has 8 heavy (non-hydrogen) atoms. The average Bonchev–Trinajstić information content (AvgIpc) is 1.59. The number of rotatable bonds is 3. The van der Waals surface area contributed by atoms with Gasteiger partial charge in [-0.3, -0.25) is 10.7 Å². The Bertz CT molecular complexity index is 101. The van der Waals surface area contributed by atoms with E-state index in [2.05, 4.69) is 10.2 Å². The largest absolute Gasteiger partial charge is 0.369 e. The zero-order valence-electron chi connectivity index (χ0n) is 4.52. The summed E-state index contributed by atoms with van der Waals surface area (Å²) < 4.78 is 16.3. The summed E-state index contributed by atoms with van der Waals surface area (Å²) >= 11 is 0. The fourth-order valence-corrected chi connectivity index (χ4v) is 0.475. The van der Waals surface area contributed by atoms with Gasteiger partial charge in [0.15, 0.2) is 0 Å². The maximum absolute atomic E-state index is 11.9. The van der Waals surface area contributed by atoms with Crippen molar-refractivity contribution in [1.82, 2.24) is 5.09 Å². The third kappa shape index (κ3) is 6.04. The third-order valence-corrected chi connectivity index (χ3v) is 1.03. The van der Waals surface area contributed by atoms with E-state index < -0.39 is 7.67 Å². The summed E-state index contributed by atoms with van der Waals surface area (Å²) in [6.45, 7) is -0.00965. The van der Waals surface area contributed by atoms with E-state index in [0.717, 1.165) is 0 Å². The van der Waals surface area contributed by atoms with E-state index in [0.29, 0.717) is 0 Å². The summed E-state index contributed by atoms with van der Waals surface area (Å²) in [6.07, 6.45) is 0. The number of hydrogen-bond donors (Lipinski definition) is 3. The molecular formula is C2H9FN3OP. The molecule has 0 aliphatic heterocycles. The molecule has 0 aromatic rings. The van der Waals surface area contributed by atoms with E-state index in [9.17, 15) is 4.20 Å². The molecule has 0 bridgehead atoms. The van der Waals surface area contributed by atoms with E-state index >= 15 is 0 Å². The van der Waals surface area contributed by atoms with Crippen LogP contribution in [0, 0.1) is 5.16 Å². The summed E-state index contributed by atoms with van der Waals surface area (Å²) in [4.78, 5) is 0. The van der Waals surface area contributed by atoms with Gasteiger partial charge < -0.3 is 4.74 Å². The topological polar surface area (TPSA) is 71.1 Å².